The lowest BCUT2D eigenvalue weighted by atomic mass is 10.2. The molecule has 0 fully saturated rings. The van der Waals surface area contributed by atoms with Crippen molar-refractivity contribution in [1.82, 2.24) is 15.1 Å². The first kappa shape index (κ1) is 15.5. The van der Waals surface area contributed by atoms with Gasteiger partial charge in [0.1, 0.15) is 5.75 Å². The summed E-state index contributed by atoms with van der Waals surface area (Å²) in [5.41, 5.74) is 1.22. The zero-order valence-electron chi connectivity index (χ0n) is 12.9. The summed E-state index contributed by atoms with van der Waals surface area (Å²) in [6.07, 6.45) is 3.64. The van der Waals surface area contributed by atoms with Gasteiger partial charge >= 0.3 is 0 Å². The van der Waals surface area contributed by atoms with Gasteiger partial charge in [0, 0.05) is 26.2 Å². The van der Waals surface area contributed by atoms with Gasteiger partial charge in [0.2, 0.25) is 0 Å². The van der Waals surface area contributed by atoms with Gasteiger partial charge in [-0.25, -0.2) is 0 Å². The molecule has 1 aromatic carbocycles. The van der Waals surface area contributed by atoms with Crippen molar-refractivity contribution >= 4 is 0 Å². The Kier molecular flexibility index (Phi) is 5.78. The average molecular weight is 289 g/mol. The molecule has 2 aromatic rings. The summed E-state index contributed by atoms with van der Waals surface area (Å²) >= 11 is 0. The second-order valence-electron chi connectivity index (χ2n) is 5.17. The van der Waals surface area contributed by atoms with Gasteiger partial charge in [0.25, 0.3) is 0 Å². The predicted molar refractivity (Wildman–Crippen MR) is 82.7 cm³/mol. The smallest absolute Gasteiger partial charge is 0.165 e. The van der Waals surface area contributed by atoms with Gasteiger partial charge in [-0.15, -0.1) is 0 Å². The molecule has 0 aliphatic carbocycles. The molecule has 5 nitrogen and oxygen atoms in total. The minimum atomic E-state index is 0.336. The van der Waals surface area contributed by atoms with Crippen LogP contribution in [0.3, 0.4) is 0 Å². The third-order valence-corrected chi connectivity index (χ3v) is 3.08. The fourth-order valence-electron chi connectivity index (χ4n) is 1.87. The molecule has 0 spiro atoms. The zero-order chi connectivity index (χ0) is 15.1. The Morgan fingerprint density at radius 3 is 2.57 bits per heavy atom. The summed E-state index contributed by atoms with van der Waals surface area (Å²) in [5.74, 6) is 1.58. The van der Waals surface area contributed by atoms with Crippen LogP contribution in [-0.4, -0.2) is 30.0 Å². The quantitative estimate of drug-likeness (QED) is 0.759. The van der Waals surface area contributed by atoms with Crippen LogP contribution >= 0.6 is 0 Å². The second-order valence-corrected chi connectivity index (χ2v) is 5.17. The van der Waals surface area contributed by atoms with Crippen LogP contribution in [-0.2, 0) is 11.3 Å². The van der Waals surface area contributed by atoms with E-state index in [-0.39, 0.29) is 0 Å². The summed E-state index contributed by atoms with van der Waals surface area (Å²) in [4.78, 5) is 0. The molecule has 1 aromatic heterocycles. The molecule has 5 heteroatoms. The standard InChI is InChI=1S/C16H23N3O2/c1-13(2)19-12-16(11-18-19)21-15-6-4-14(5-7-15)10-17-8-9-20-3/h4-7,11-13,17H,8-10H2,1-3H3. The molecule has 21 heavy (non-hydrogen) atoms. The van der Waals surface area contributed by atoms with E-state index in [4.69, 9.17) is 9.47 Å². The summed E-state index contributed by atoms with van der Waals surface area (Å²) in [5, 5.41) is 7.57. The van der Waals surface area contributed by atoms with Crippen LogP contribution in [0.15, 0.2) is 36.7 Å². The highest BCUT2D eigenvalue weighted by molar-refractivity contribution is 5.31. The van der Waals surface area contributed by atoms with Gasteiger partial charge in [-0.2, -0.15) is 5.10 Å². The number of ether oxygens (including phenoxy) is 2. The summed E-state index contributed by atoms with van der Waals surface area (Å²) in [7, 11) is 1.70. The van der Waals surface area contributed by atoms with E-state index in [1.807, 2.05) is 23.0 Å². The topological polar surface area (TPSA) is 48.3 Å². The number of nitrogens with one attached hydrogen (secondary N) is 1. The lowest BCUT2D eigenvalue weighted by Crippen LogP contribution is -2.18. The largest absolute Gasteiger partial charge is 0.454 e. The maximum atomic E-state index is 5.78. The first-order valence-electron chi connectivity index (χ1n) is 7.19. The molecule has 1 N–H and O–H groups in total. The van der Waals surface area contributed by atoms with Crippen molar-refractivity contribution in [2.24, 2.45) is 0 Å². The van der Waals surface area contributed by atoms with Crippen molar-refractivity contribution in [1.29, 1.82) is 0 Å². The molecule has 0 aliphatic rings. The Morgan fingerprint density at radius 2 is 1.95 bits per heavy atom. The van der Waals surface area contributed by atoms with E-state index in [1.54, 1.807) is 13.3 Å². The van der Waals surface area contributed by atoms with Crippen LogP contribution in [0.5, 0.6) is 11.5 Å². The molecule has 2 rings (SSSR count). The maximum Gasteiger partial charge on any atom is 0.165 e. The number of nitrogens with zero attached hydrogens (tertiary/aromatic N) is 2. The number of hydrogen-bond acceptors (Lipinski definition) is 4. The molecule has 0 amide bonds. The summed E-state index contributed by atoms with van der Waals surface area (Å²) in [6, 6.07) is 8.40. The normalized spacial score (nSPS) is 11.0. The molecule has 0 atom stereocenters. The molecule has 0 aliphatic heterocycles. The molecule has 1 heterocycles. The van der Waals surface area contributed by atoms with Crippen molar-refractivity contribution in [3.8, 4) is 11.5 Å². The molecule has 0 bridgehead atoms. The van der Waals surface area contributed by atoms with Crippen LogP contribution < -0.4 is 10.1 Å². The highest BCUT2D eigenvalue weighted by Crippen LogP contribution is 2.22. The van der Waals surface area contributed by atoms with E-state index in [2.05, 4.69) is 36.4 Å². The second kappa shape index (κ2) is 7.81. The Labute approximate surface area is 125 Å². The minimum absolute atomic E-state index is 0.336. The van der Waals surface area contributed by atoms with E-state index in [0.29, 0.717) is 6.04 Å². The van der Waals surface area contributed by atoms with Crippen molar-refractivity contribution in [3.63, 3.8) is 0 Å². The minimum Gasteiger partial charge on any atom is -0.454 e. The first-order chi connectivity index (χ1) is 10.2. The lowest BCUT2D eigenvalue weighted by molar-refractivity contribution is 0.199. The Balaban J connectivity index is 1.86. The van der Waals surface area contributed by atoms with E-state index >= 15 is 0 Å². The fourth-order valence-corrected chi connectivity index (χ4v) is 1.87. The molecule has 0 saturated heterocycles. The van der Waals surface area contributed by atoms with Crippen LogP contribution in [0.4, 0.5) is 0 Å². The van der Waals surface area contributed by atoms with Crippen LogP contribution in [0, 0.1) is 0 Å². The van der Waals surface area contributed by atoms with Crippen molar-refractivity contribution in [3.05, 3.63) is 42.2 Å². The maximum absolute atomic E-state index is 5.78. The third-order valence-electron chi connectivity index (χ3n) is 3.08. The molecular formula is C16H23N3O2. The highest BCUT2D eigenvalue weighted by atomic mass is 16.5. The zero-order valence-corrected chi connectivity index (χ0v) is 12.9. The number of methoxy groups -OCH3 is 1. The van der Waals surface area contributed by atoms with Gasteiger partial charge in [-0.3, -0.25) is 4.68 Å². The Bertz CT molecular complexity index is 535. The first-order valence-corrected chi connectivity index (χ1v) is 7.19. The van der Waals surface area contributed by atoms with Crippen LogP contribution in [0.2, 0.25) is 0 Å². The van der Waals surface area contributed by atoms with Gasteiger partial charge in [-0.05, 0) is 31.5 Å². The van der Waals surface area contributed by atoms with E-state index in [1.165, 1.54) is 5.56 Å². The number of aromatic nitrogens is 2. The van der Waals surface area contributed by atoms with Gasteiger partial charge < -0.3 is 14.8 Å². The SMILES string of the molecule is COCCNCc1ccc(Oc2cnn(C(C)C)c2)cc1. The number of benzene rings is 1. The Morgan fingerprint density at radius 1 is 1.19 bits per heavy atom. The van der Waals surface area contributed by atoms with Crippen molar-refractivity contribution in [2.45, 2.75) is 26.4 Å². The average Bonchev–Trinajstić information content (AvgIpc) is 2.94. The summed E-state index contributed by atoms with van der Waals surface area (Å²) < 4.78 is 12.7. The number of hydrogen-bond donors (Lipinski definition) is 1. The van der Waals surface area contributed by atoms with Gasteiger partial charge in [-0.1, -0.05) is 12.1 Å². The van der Waals surface area contributed by atoms with Crippen LogP contribution in [0.1, 0.15) is 25.5 Å². The molecule has 0 radical (unpaired) electrons. The van der Waals surface area contributed by atoms with E-state index in [0.717, 1.165) is 31.2 Å². The van der Waals surface area contributed by atoms with Crippen molar-refractivity contribution in [2.75, 3.05) is 20.3 Å². The number of rotatable bonds is 8. The van der Waals surface area contributed by atoms with E-state index < -0.39 is 0 Å². The highest BCUT2D eigenvalue weighted by Gasteiger charge is 2.04. The van der Waals surface area contributed by atoms with Gasteiger partial charge in [0.05, 0.1) is 19.0 Å². The van der Waals surface area contributed by atoms with Crippen molar-refractivity contribution < 1.29 is 9.47 Å². The lowest BCUT2D eigenvalue weighted by Gasteiger charge is -2.07. The monoisotopic (exact) mass is 289 g/mol. The van der Waals surface area contributed by atoms with E-state index in [9.17, 15) is 0 Å². The molecule has 0 unspecified atom stereocenters. The molecule has 0 saturated carbocycles. The Hall–Kier alpha value is -1.85. The summed E-state index contributed by atoms with van der Waals surface area (Å²) in [6.45, 7) is 6.57. The van der Waals surface area contributed by atoms with Crippen LogP contribution in [0.25, 0.3) is 0 Å². The fraction of sp³-hybridized carbons (Fsp3) is 0.438. The van der Waals surface area contributed by atoms with Gasteiger partial charge in [0.15, 0.2) is 5.75 Å². The predicted octanol–water partition coefficient (Wildman–Crippen LogP) is 2.99. The molecule has 114 valence electrons. The third kappa shape index (κ3) is 4.88. The molecular weight excluding hydrogens is 266 g/mol.